The van der Waals surface area contributed by atoms with Gasteiger partial charge < -0.3 is 16.2 Å². The van der Waals surface area contributed by atoms with Gasteiger partial charge in [-0.05, 0) is 25.0 Å². The van der Waals surface area contributed by atoms with E-state index in [4.69, 9.17) is 10.8 Å². The molecule has 1 saturated carbocycles. The van der Waals surface area contributed by atoms with Gasteiger partial charge in [-0.25, -0.2) is 4.79 Å². The van der Waals surface area contributed by atoms with Crippen LogP contribution in [0.2, 0.25) is 0 Å². The molecule has 0 heterocycles. The zero-order valence-electron chi connectivity index (χ0n) is 10.7. The number of amides is 1. The summed E-state index contributed by atoms with van der Waals surface area (Å²) in [5, 5.41) is 11.7. The maximum absolute atomic E-state index is 12.0. The van der Waals surface area contributed by atoms with E-state index in [9.17, 15) is 9.59 Å². The van der Waals surface area contributed by atoms with Crippen LogP contribution in [0, 0.1) is 0 Å². The Hall–Kier alpha value is -1.88. The number of carboxylic acids is 1. The molecule has 1 amide bonds. The average molecular weight is 262 g/mol. The molecule has 1 aliphatic carbocycles. The Bertz CT molecular complexity index is 493. The standard InChI is InChI=1S/C14H18N2O3/c15-14(7-3-4-8-14)9-12(17)16-11-6-2-1-5-10(11)13(18)19/h1-2,5-6H,3-4,7-9,15H2,(H,16,17)(H,18,19). The maximum atomic E-state index is 12.0. The lowest BCUT2D eigenvalue weighted by Crippen LogP contribution is -2.40. The van der Waals surface area contributed by atoms with E-state index in [1.807, 2.05) is 0 Å². The molecule has 2 rings (SSSR count). The van der Waals surface area contributed by atoms with Crippen molar-refractivity contribution in [2.24, 2.45) is 5.73 Å². The van der Waals surface area contributed by atoms with Crippen molar-refractivity contribution in [3.63, 3.8) is 0 Å². The predicted molar refractivity (Wildman–Crippen MR) is 72.0 cm³/mol. The van der Waals surface area contributed by atoms with Crippen molar-refractivity contribution in [2.45, 2.75) is 37.6 Å². The zero-order chi connectivity index (χ0) is 13.9. The van der Waals surface area contributed by atoms with Crippen LogP contribution in [0.5, 0.6) is 0 Å². The number of carboxylic acid groups (broad SMARTS) is 1. The molecule has 0 unspecified atom stereocenters. The molecule has 1 aromatic rings. The lowest BCUT2D eigenvalue weighted by molar-refractivity contribution is -0.117. The van der Waals surface area contributed by atoms with Gasteiger partial charge in [0.2, 0.25) is 5.91 Å². The Labute approximate surface area is 111 Å². The van der Waals surface area contributed by atoms with Crippen LogP contribution < -0.4 is 11.1 Å². The fraction of sp³-hybridized carbons (Fsp3) is 0.429. The number of hydrogen-bond donors (Lipinski definition) is 3. The molecule has 5 nitrogen and oxygen atoms in total. The molecule has 4 N–H and O–H groups in total. The van der Waals surface area contributed by atoms with Gasteiger partial charge in [-0.3, -0.25) is 4.79 Å². The molecule has 0 aliphatic heterocycles. The molecular weight excluding hydrogens is 244 g/mol. The maximum Gasteiger partial charge on any atom is 0.337 e. The first kappa shape index (κ1) is 13.5. The van der Waals surface area contributed by atoms with Crippen LogP contribution in [0.25, 0.3) is 0 Å². The van der Waals surface area contributed by atoms with Crippen molar-refractivity contribution in [1.29, 1.82) is 0 Å². The van der Waals surface area contributed by atoms with E-state index < -0.39 is 11.5 Å². The van der Waals surface area contributed by atoms with Crippen molar-refractivity contribution in [1.82, 2.24) is 0 Å². The first-order chi connectivity index (χ1) is 9.00. The second-order valence-electron chi connectivity index (χ2n) is 5.15. The van der Waals surface area contributed by atoms with Crippen LogP contribution in [-0.2, 0) is 4.79 Å². The summed E-state index contributed by atoms with van der Waals surface area (Å²) in [6.07, 6.45) is 4.04. The predicted octanol–water partition coefficient (Wildman–Crippen LogP) is 1.98. The van der Waals surface area contributed by atoms with E-state index in [-0.39, 0.29) is 17.9 Å². The Morgan fingerprint density at radius 3 is 2.53 bits per heavy atom. The normalized spacial score (nSPS) is 17.1. The molecule has 1 aliphatic rings. The van der Waals surface area contributed by atoms with Crippen molar-refractivity contribution in [3.05, 3.63) is 29.8 Å². The van der Waals surface area contributed by atoms with Crippen LogP contribution in [0.15, 0.2) is 24.3 Å². The third-order valence-corrected chi connectivity index (χ3v) is 3.54. The summed E-state index contributed by atoms with van der Waals surface area (Å²) in [4.78, 5) is 23.0. The molecule has 5 heteroatoms. The topological polar surface area (TPSA) is 92.4 Å². The van der Waals surface area contributed by atoms with E-state index in [2.05, 4.69) is 5.32 Å². The third kappa shape index (κ3) is 3.32. The van der Waals surface area contributed by atoms with Gasteiger partial charge in [-0.2, -0.15) is 0 Å². The lowest BCUT2D eigenvalue weighted by atomic mass is 9.94. The minimum atomic E-state index is -1.06. The minimum absolute atomic E-state index is 0.0911. The second kappa shape index (κ2) is 5.40. The Morgan fingerprint density at radius 2 is 1.89 bits per heavy atom. The lowest BCUT2D eigenvalue weighted by Gasteiger charge is -2.22. The summed E-state index contributed by atoms with van der Waals surface area (Å²) in [6.45, 7) is 0. The van der Waals surface area contributed by atoms with Gasteiger partial charge in [0.25, 0.3) is 0 Å². The van der Waals surface area contributed by atoms with Crippen LogP contribution in [-0.4, -0.2) is 22.5 Å². The molecule has 1 fully saturated rings. The van der Waals surface area contributed by atoms with Gasteiger partial charge in [0.05, 0.1) is 11.3 Å². The number of hydrogen-bond acceptors (Lipinski definition) is 3. The van der Waals surface area contributed by atoms with E-state index in [0.717, 1.165) is 25.7 Å². The molecular formula is C14H18N2O3. The summed E-state index contributed by atoms with van der Waals surface area (Å²) in [5.41, 5.74) is 6.12. The van der Waals surface area contributed by atoms with E-state index >= 15 is 0 Å². The van der Waals surface area contributed by atoms with Gasteiger partial charge >= 0.3 is 5.97 Å². The summed E-state index contributed by atoms with van der Waals surface area (Å²) in [5.74, 6) is -1.28. The first-order valence-corrected chi connectivity index (χ1v) is 6.41. The quantitative estimate of drug-likeness (QED) is 0.773. The highest BCUT2D eigenvalue weighted by Gasteiger charge is 2.31. The third-order valence-electron chi connectivity index (χ3n) is 3.54. The van der Waals surface area contributed by atoms with Crippen LogP contribution in [0.4, 0.5) is 5.69 Å². The SMILES string of the molecule is NC1(CC(=O)Nc2ccccc2C(=O)O)CCCC1. The largest absolute Gasteiger partial charge is 0.478 e. The van der Waals surface area contributed by atoms with Gasteiger partial charge in [0.15, 0.2) is 0 Å². The Morgan fingerprint density at radius 1 is 1.26 bits per heavy atom. The van der Waals surface area contributed by atoms with Gasteiger partial charge in [-0.1, -0.05) is 25.0 Å². The second-order valence-corrected chi connectivity index (χ2v) is 5.15. The molecule has 0 saturated heterocycles. The number of benzene rings is 1. The summed E-state index contributed by atoms with van der Waals surface area (Å²) in [7, 11) is 0. The highest BCUT2D eigenvalue weighted by molar-refractivity contribution is 6.00. The van der Waals surface area contributed by atoms with Crippen molar-refractivity contribution < 1.29 is 14.7 Å². The van der Waals surface area contributed by atoms with Crippen molar-refractivity contribution in [2.75, 3.05) is 5.32 Å². The summed E-state index contributed by atoms with van der Waals surface area (Å²) >= 11 is 0. The van der Waals surface area contributed by atoms with Gasteiger partial charge in [-0.15, -0.1) is 0 Å². The fourth-order valence-electron chi connectivity index (χ4n) is 2.55. The minimum Gasteiger partial charge on any atom is -0.478 e. The van der Waals surface area contributed by atoms with Crippen LogP contribution >= 0.6 is 0 Å². The van der Waals surface area contributed by atoms with Crippen LogP contribution in [0.3, 0.4) is 0 Å². The molecule has 0 atom stereocenters. The number of carbonyl (C=O) groups excluding carboxylic acids is 1. The molecule has 0 radical (unpaired) electrons. The number of nitrogens with two attached hydrogens (primary N) is 1. The summed E-state index contributed by atoms with van der Waals surface area (Å²) in [6, 6.07) is 6.36. The molecule has 1 aromatic carbocycles. The highest BCUT2D eigenvalue weighted by atomic mass is 16.4. The molecule has 102 valence electrons. The number of rotatable bonds is 4. The van der Waals surface area contributed by atoms with Gasteiger partial charge in [0.1, 0.15) is 0 Å². The van der Waals surface area contributed by atoms with E-state index in [1.54, 1.807) is 18.2 Å². The molecule has 19 heavy (non-hydrogen) atoms. The average Bonchev–Trinajstić information content (AvgIpc) is 2.75. The highest BCUT2D eigenvalue weighted by Crippen LogP contribution is 2.30. The number of carbonyl (C=O) groups is 2. The monoisotopic (exact) mass is 262 g/mol. The van der Waals surface area contributed by atoms with Crippen molar-refractivity contribution in [3.8, 4) is 0 Å². The molecule has 0 aromatic heterocycles. The van der Waals surface area contributed by atoms with Crippen molar-refractivity contribution >= 4 is 17.6 Å². The zero-order valence-corrected chi connectivity index (χ0v) is 10.7. The van der Waals surface area contributed by atoms with Gasteiger partial charge in [0, 0.05) is 12.0 Å². The number of anilines is 1. The Balaban J connectivity index is 2.05. The molecule has 0 spiro atoms. The number of aromatic carboxylic acids is 1. The Kier molecular flexibility index (Phi) is 3.85. The number of para-hydroxylation sites is 1. The molecule has 0 bridgehead atoms. The fourth-order valence-corrected chi connectivity index (χ4v) is 2.55. The van der Waals surface area contributed by atoms with E-state index in [0.29, 0.717) is 5.69 Å². The first-order valence-electron chi connectivity index (χ1n) is 6.41. The number of nitrogens with one attached hydrogen (secondary N) is 1. The van der Waals surface area contributed by atoms with Crippen LogP contribution in [0.1, 0.15) is 42.5 Å². The summed E-state index contributed by atoms with van der Waals surface area (Å²) < 4.78 is 0. The smallest absolute Gasteiger partial charge is 0.337 e. The van der Waals surface area contributed by atoms with E-state index in [1.165, 1.54) is 6.07 Å².